The van der Waals surface area contributed by atoms with Crippen LogP contribution in [0, 0.1) is 6.92 Å². The van der Waals surface area contributed by atoms with Crippen molar-refractivity contribution in [2.45, 2.75) is 25.9 Å². The first-order valence-corrected chi connectivity index (χ1v) is 4.94. The van der Waals surface area contributed by atoms with Gasteiger partial charge in [-0.05, 0) is 30.5 Å². The van der Waals surface area contributed by atoms with Gasteiger partial charge in [-0.1, -0.05) is 6.07 Å². The van der Waals surface area contributed by atoms with E-state index in [0.717, 1.165) is 18.5 Å². The number of imidazole rings is 1. The van der Waals surface area contributed by atoms with Crippen molar-refractivity contribution in [2.75, 3.05) is 0 Å². The van der Waals surface area contributed by atoms with Gasteiger partial charge in [0.05, 0.1) is 17.4 Å². The van der Waals surface area contributed by atoms with E-state index in [0.29, 0.717) is 0 Å². The molecule has 1 aromatic carbocycles. The zero-order valence-electron chi connectivity index (χ0n) is 8.20. The molecule has 0 saturated heterocycles. The molecule has 1 unspecified atom stereocenters. The summed E-state index contributed by atoms with van der Waals surface area (Å²) >= 11 is 0. The third kappa shape index (κ3) is 0.990. The Bertz CT molecular complexity index is 498. The Balaban J connectivity index is 2.38. The number of rotatable bonds is 0. The Labute approximate surface area is 82.5 Å². The van der Waals surface area contributed by atoms with E-state index in [2.05, 4.69) is 28.6 Å². The third-order valence-corrected chi connectivity index (χ3v) is 2.85. The normalized spacial score (nSPS) is 20.3. The van der Waals surface area contributed by atoms with Crippen molar-refractivity contribution in [3.05, 3.63) is 29.6 Å². The minimum atomic E-state index is 0.238. The van der Waals surface area contributed by atoms with E-state index in [1.807, 2.05) is 6.33 Å². The van der Waals surface area contributed by atoms with Gasteiger partial charge in [-0.15, -0.1) is 0 Å². The molecule has 3 heteroatoms. The lowest BCUT2D eigenvalue weighted by atomic mass is 9.99. The van der Waals surface area contributed by atoms with Crippen molar-refractivity contribution in [3.8, 4) is 0 Å². The zero-order chi connectivity index (χ0) is 9.71. The lowest BCUT2D eigenvalue weighted by molar-refractivity contribution is 0.539. The van der Waals surface area contributed by atoms with Crippen LogP contribution in [0.5, 0.6) is 0 Å². The minimum absolute atomic E-state index is 0.238. The van der Waals surface area contributed by atoms with Gasteiger partial charge in [-0.2, -0.15) is 0 Å². The SMILES string of the molecule is Cc1cc2c3c(c1)ncn3CC(N)C2. The summed E-state index contributed by atoms with van der Waals surface area (Å²) < 4.78 is 2.16. The van der Waals surface area contributed by atoms with Crippen LogP contribution in [0.25, 0.3) is 11.0 Å². The summed E-state index contributed by atoms with van der Waals surface area (Å²) in [5.74, 6) is 0. The van der Waals surface area contributed by atoms with Gasteiger partial charge in [0.2, 0.25) is 0 Å². The Morgan fingerprint density at radius 3 is 3.21 bits per heavy atom. The average Bonchev–Trinajstić information content (AvgIpc) is 2.48. The average molecular weight is 187 g/mol. The van der Waals surface area contributed by atoms with E-state index in [4.69, 9.17) is 5.73 Å². The summed E-state index contributed by atoms with van der Waals surface area (Å²) in [6, 6.07) is 4.59. The molecule has 0 saturated carbocycles. The van der Waals surface area contributed by atoms with Gasteiger partial charge in [0.1, 0.15) is 0 Å². The van der Waals surface area contributed by atoms with Gasteiger partial charge in [0.25, 0.3) is 0 Å². The lowest BCUT2D eigenvalue weighted by Crippen LogP contribution is -2.31. The van der Waals surface area contributed by atoms with Gasteiger partial charge >= 0.3 is 0 Å². The highest BCUT2D eigenvalue weighted by atomic mass is 15.1. The topological polar surface area (TPSA) is 43.8 Å². The number of aromatic nitrogens is 2. The van der Waals surface area contributed by atoms with Crippen LogP contribution in [0.3, 0.4) is 0 Å². The van der Waals surface area contributed by atoms with E-state index in [1.54, 1.807) is 0 Å². The Morgan fingerprint density at radius 2 is 2.36 bits per heavy atom. The van der Waals surface area contributed by atoms with Crippen LogP contribution in [-0.4, -0.2) is 15.6 Å². The zero-order valence-corrected chi connectivity index (χ0v) is 8.20. The molecule has 0 amide bonds. The highest BCUT2D eigenvalue weighted by Gasteiger charge is 2.18. The highest BCUT2D eigenvalue weighted by molar-refractivity contribution is 5.80. The maximum absolute atomic E-state index is 5.99. The second kappa shape index (κ2) is 2.58. The molecule has 0 radical (unpaired) electrons. The van der Waals surface area contributed by atoms with Gasteiger partial charge in [0.15, 0.2) is 0 Å². The van der Waals surface area contributed by atoms with Crippen molar-refractivity contribution in [2.24, 2.45) is 5.73 Å². The second-order valence-electron chi connectivity index (χ2n) is 4.15. The molecule has 1 aromatic heterocycles. The van der Waals surface area contributed by atoms with Gasteiger partial charge < -0.3 is 10.3 Å². The van der Waals surface area contributed by atoms with Crippen LogP contribution in [0.1, 0.15) is 11.1 Å². The fourth-order valence-electron chi connectivity index (χ4n) is 2.35. The first-order chi connectivity index (χ1) is 6.74. The number of hydrogen-bond donors (Lipinski definition) is 1. The minimum Gasteiger partial charge on any atom is -0.329 e. The summed E-state index contributed by atoms with van der Waals surface area (Å²) in [6.07, 6.45) is 2.87. The molecule has 1 aliphatic rings. The van der Waals surface area contributed by atoms with E-state index in [1.165, 1.54) is 16.6 Å². The predicted octanol–water partition coefficient (Wildman–Crippen LogP) is 1.23. The van der Waals surface area contributed by atoms with Gasteiger partial charge in [-0.25, -0.2) is 4.98 Å². The molecule has 1 aliphatic heterocycles. The standard InChI is InChI=1S/C11H13N3/c1-7-2-8-4-9(12)5-14-6-13-10(3-7)11(8)14/h2-3,6,9H,4-5,12H2,1H3. The highest BCUT2D eigenvalue weighted by Crippen LogP contribution is 2.25. The van der Waals surface area contributed by atoms with Crippen molar-refractivity contribution in [3.63, 3.8) is 0 Å². The maximum Gasteiger partial charge on any atom is 0.0958 e. The fraction of sp³-hybridized carbons (Fsp3) is 0.364. The fourth-order valence-corrected chi connectivity index (χ4v) is 2.35. The summed E-state index contributed by atoms with van der Waals surface area (Å²) in [5.41, 5.74) is 11.0. The number of nitrogens with zero attached hydrogens (tertiary/aromatic N) is 2. The molecule has 14 heavy (non-hydrogen) atoms. The summed E-state index contributed by atoms with van der Waals surface area (Å²) in [5, 5.41) is 0. The largest absolute Gasteiger partial charge is 0.329 e. The molecule has 0 spiro atoms. The van der Waals surface area contributed by atoms with Gasteiger partial charge in [0, 0.05) is 12.6 Å². The first kappa shape index (κ1) is 8.00. The van der Waals surface area contributed by atoms with Crippen molar-refractivity contribution in [1.29, 1.82) is 0 Å². The van der Waals surface area contributed by atoms with Crippen LogP contribution in [0.2, 0.25) is 0 Å². The van der Waals surface area contributed by atoms with Crippen LogP contribution in [0.4, 0.5) is 0 Å². The molecule has 0 bridgehead atoms. The second-order valence-corrected chi connectivity index (χ2v) is 4.15. The predicted molar refractivity (Wildman–Crippen MR) is 56.1 cm³/mol. The summed E-state index contributed by atoms with van der Waals surface area (Å²) in [6.45, 7) is 3.00. The molecular weight excluding hydrogens is 174 g/mol. The smallest absolute Gasteiger partial charge is 0.0958 e. The monoisotopic (exact) mass is 187 g/mol. The maximum atomic E-state index is 5.99. The Hall–Kier alpha value is -1.35. The summed E-state index contributed by atoms with van der Waals surface area (Å²) in [4.78, 5) is 4.39. The van der Waals surface area contributed by atoms with Gasteiger partial charge in [-0.3, -0.25) is 0 Å². The third-order valence-electron chi connectivity index (χ3n) is 2.85. The molecule has 2 heterocycles. The molecule has 0 fully saturated rings. The van der Waals surface area contributed by atoms with E-state index in [9.17, 15) is 0 Å². The van der Waals surface area contributed by atoms with E-state index >= 15 is 0 Å². The molecule has 1 atom stereocenters. The van der Waals surface area contributed by atoms with Crippen molar-refractivity contribution < 1.29 is 0 Å². The first-order valence-electron chi connectivity index (χ1n) is 4.94. The Morgan fingerprint density at radius 1 is 1.50 bits per heavy atom. The van der Waals surface area contributed by atoms with Crippen molar-refractivity contribution >= 4 is 11.0 Å². The van der Waals surface area contributed by atoms with E-state index in [-0.39, 0.29) is 6.04 Å². The number of aryl methyl sites for hydroxylation is 1. The number of benzene rings is 1. The Kier molecular flexibility index (Phi) is 1.47. The number of hydrogen-bond acceptors (Lipinski definition) is 2. The van der Waals surface area contributed by atoms with Crippen LogP contribution in [-0.2, 0) is 13.0 Å². The molecule has 2 N–H and O–H groups in total. The molecule has 2 aromatic rings. The molecule has 72 valence electrons. The number of nitrogens with two attached hydrogens (primary N) is 1. The van der Waals surface area contributed by atoms with Crippen molar-refractivity contribution in [1.82, 2.24) is 9.55 Å². The molecule has 0 aliphatic carbocycles. The molecule has 3 rings (SSSR count). The van der Waals surface area contributed by atoms with Crippen LogP contribution < -0.4 is 5.73 Å². The molecular formula is C11H13N3. The van der Waals surface area contributed by atoms with Crippen LogP contribution in [0.15, 0.2) is 18.5 Å². The quantitative estimate of drug-likeness (QED) is 0.674. The summed E-state index contributed by atoms with van der Waals surface area (Å²) in [7, 11) is 0. The van der Waals surface area contributed by atoms with E-state index < -0.39 is 0 Å². The van der Waals surface area contributed by atoms with Crippen LogP contribution >= 0.6 is 0 Å². The molecule has 3 nitrogen and oxygen atoms in total. The lowest BCUT2D eigenvalue weighted by Gasteiger charge is -2.20.